The van der Waals surface area contributed by atoms with Gasteiger partial charge in [-0.05, 0) is 23.0 Å². The van der Waals surface area contributed by atoms with Gasteiger partial charge in [0.05, 0.1) is 0 Å². The van der Waals surface area contributed by atoms with E-state index in [1.54, 1.807) is 0 Å². The smallest absolute Gasteiger partial charge is 0.137 e. The number of halogens is 1. The molecule has 1 aromatic carbocycles. The Balaban J connectivity index is 2.60. The number of Topliss-reactive ketones (excluding diaryl/α,β-unsaturated/α-hetero) is 1. The van der Waals surface area contributed by atoms with Crippen molar-refractivity contribution in [3.05, 3.63) is 34.9 Å². The van der Waals surface area contributed by atoms with E-state index in [0.29, 0.717) is 23.8 Å². The summed E-state index contributed by atoms with van der Waals surface area (Å²) in [4.78, 5) is 12.0. The second-order valence-corrected chi connectivity index (χ2v) is 6.19. The maximum atomic E-state index is 12.0. The molecule has 1 aromatic rings. The van der Waals surface area contributed by atoms with Gasteiger partial charge in [-0.1, -0.05) is 57.5 Å². The second kappa shape index (κ2) is 5.68. The van der Waals surface area contributed by atoms with Crippen LogP contribution in [0, 0.1) is 11.3 Å². The van der Waals surface area contributed by atoms with Gasteiger partial charge in [-0.2, -0.15) is 0 Å². The molecule has 1 rings (SSSR count). The van der Waals surface area contributed by atoms with Crippen LogP contribution < -0.4 is 0 Å². The molecule has 17 heavy (non-hydrogen) atoms. The van der Waals surface area contributed by atoms with Crippen molar-refractivity contribution in [1.82, 2.24) is 0 Å². The fraction of sp³-hybridized carbons (Fsp3) is 0.533. The van der Waals surface area contributed by atoms with Crippen molar-refractivity contribution in [2.45, 2.75) is 40.5 Å². The van der Waals surface area contributed by atoms with Crippen molar-refractivity contribution in [1.29, 1.82) is 0 Å². The van der Waals surface area contributed by atoms with Crippen molar-refractivity contribution in [2.75, 3.05) is 0 Å². The summed E-state index contributed by atoms with van der Waals surface area (Å²) in [6.45, 7) is 8.63. The molecule has 0 aromatic heterocycles. The van der Waals surface area contributed by atoms with Crippen molar-refractivity contribution in [2.24, 2.45) is 11.3 Å². The van der Waals surface area contributed by atoms with Crippen LogP contribution in [-0.4, -0.2) is 5.78 Å². The highest BCUT2D eigenvalue weighted by atomic mass is 35.5. The lowest BCUT2D eigenvalue weighted by molar-refractivity contribution is -0.120. The highest BCUT2D eigenvalue weighted by molar-refractivity contribution is 6.31. The summed E-state index contributed by atoms with van der Waals surface area (Å²) < 4.78 is 0. The average molecular weight is 253 g/mol. The number of hydrogen-bond acceptors (Lipinski definition) is 1. The Hall–Kier alpha value is -0.820. The fourth-order valence-corrected chi connectivity index (χ4v) is 1.78. The minimum Gasteiger partial charge on any atom is -0.299 e. The summed E-state index contributed by atoms with van der Waals surface area (Å²) in [5.74, 6) is 0.651. The number of carbonyl (C=O) groups is 1. The normalized spacial score (nSPS) is 13.5. The molecule has 1 unspecified atom stereocenters. The molecule has 0 fully saturated rings. The molecule has 0 bridgehead atoms. The van der Waals surface area contributed by atoms with Gasteiger partial charge in [-0.3, -0.25) is 4.79 Å². The number of carbonyl (C=O) groups excluding carboxylic acids is 1. The molecule has 2 heteroatoms. The SMILES string of the molecule is CC(CC(=O)Cc1ccccc1Cl)C(C)(C)C. The highest BCUT2D eigenvalue weighted by Crippen LogP contribution is 2.28. The van der Waals surface area contributed by atoms with Gasteiger partial charge < -0.3 is 0 Å². The van der Waals surface area contributed by atoms with Gasteiger partial charge >= 0.3 is 0 Å². The zero-order chi connectivity index (χ0) is 13.1. The van der Waals surface area contributed by atoms with Gasteiger partial charge in [-0.25, -0.2) is 0 Å². The van der Waals surface area contributed by atoms with Gasteiger partial charge in [-0.15, -0.1) is 0 Å². The number of ketones is 1. The first-order valence-electron chi connectivity index (χ1n) is 6.06. The Labute approximate surface area is 109 Å². The molecule has 0 saturated carbocycles. The lowest BCUT2D eigenvalue weighted by Crippen LogP contribution is -2.21. The maximum absolute atomic E-state index is 12.0. The molecule has 0 amide bonds. The first kappa shape index (κ1) is 14.2. The largest absolute Gasteiger partial charge is 0.299 e. The standard InChI is InChI=1S/C15H21ClO/c1-11(15(2,3)4)9-13(17)10-12-7-5-6-8-14(12)16/h5-8,11H,9-10H2,1-4H3. The van der Waals surface area contributed by atoms with Gasteiger partial charge in [0, 0.05) is 17.9 Å². The third-order valence-corrected chi connectivity index (χ3v) is 3.73. The lowest BCUT2D eigenvalue weighted by Gasteiger charge is -2.26. The fourth-order valence-electron chi connectivity index (χ4n) is 1.57. The average Bonchev–Trinajstić information content (AvgIpc) is 2.20. The van der Waals surface area contributed by atoms with Crippen LogP contribution >= 0.6 is 11.6 Å². The van der Waals surface area contributed by atoms with Gasteiger partial charge in [0.2, 0.25) is 0 Å². The Kier molecular flexibility index (Phi) is 4.76. The first-order valence-corrected chi connectivity index (χ1v) is 6.43. The summed E-state index contributed by atoms with van der Waals surface area (Å²) in [5.41, 5.74) is 1.11. The van der Waals surface area contributed by atoms with Gasteiger partial charge in [0.15, 0.2) is 0 Å². The zero-order valence-corrected chi connectivity index (χ0v) is 11.8. The third-order valence-electron chi connectivity index (χ3n) is 3.36. The van der Waals surface area contributed by atoms with Crippen LogP contribution in [0.25, 0.3) is 0 Å². The summed E-state index contributed by atoms with van der Waals surface area (Å²) in [7, 11) is 0. The van der Waals surface area contributed by atoms with Crippen LogP contribution in [-0.2, 0) is 11.2 Å². The van der Waals surface area contributed by atoms with Gasteiger partial charge in [0.1, 0.15) is 5.78 Å². The molecular formula is C15H21ClO. The number of hydrogen-bond donors (Lipinski definition) is 0. The second-order valence-electron chi connectivity index (χ2n) is 5.78. The van der Waals surface area contributed by atoms with Crippen molar-refractivity contribution >= 4 is 17.4 Å². The van der Waals surface area contributed by atoms with Crippen LogP contribution in [0.3, 0.4) is 0 Å². The maximum Gasteiger partial charge on any atom is 0.137 e. The molecule has 1 nitrogen and oxygen atoms in total. The molecule has 0 aliphatic heterocycles. The molecule has 1 atom stereocenters. The van der Waals surface area contributed by atoms with E-state index in [-0.39, 0.29) is 11.2 Å². The molecule has 0 aliphatic rings. The molecule has 0 N–H and O–H groups in total. The minimum atomic E-state index is 0.177. The Bertz CT molecular complexity index is 390. The van der Waals surface area contributed by atoms with Crippen molar-refractivity contribution in [3.63, 3.8) is 0 Å². The monoisotopic (exact) mass is 252 g/mol. The van der Waals surface area contributed by atoms with Gasteiger partial charge in [0.25, 0.3) is 0 Å². The highest BCUT2D eigenvalue weighted by Gasteiger charge is 2.22. The topological polar surface area (TPSA) is 17.1 Å². The quantitative estimate of drug-likeness (QED) is 0.770. The minimum absolute atomic E-state index is 0.177. The van der Waals surface area contributed by atoms with Crippen LogP contribution in [0.1, 0.15) is 39.7 Å². The summed E-state index contributed by atoms with van der Waals surface area (Å²) in [6.07, 6.45) is 1.06. The molecule has 0 heterocycles. The van der Waals surface area contributed by atoms with E-state index < -0.39 is 0 Å². The summed E-state index contributed by atoms with van der Waals surface area (Å²) in [6, 6.07) is 7.55. The van der Waals surface area contributed by atoms with Crippen LogP contribution in [0.4, 0.5) is 0 Å². The summed E-state index contributed by atoms with van der Waals surface area (Å²) in [5, 5.41) is 0.685. The number of benzene rings is 1. The summed E-state index contributed by atoms with van der Waals surface area (Å²) >= 11 is 6.04. The zero-order valence-electron chi connectivity index (χ0n) is 11.1. The first-order chi connectivity index (χ1) is 7.80. The predicted molar refractivity (Wildman–Crippen MR) is 73.4 cm³/mol. The molecule has 94 valence electrons. The van der Waals surface area contributed by atoms with Crippen LogP contribution in [0.5, 0.6) is 0 Å². The van der Waals surface area contributed by atoms with E-state index in [9.17, 15) is 4.79 Å². The lowest BCUT2D eigenvalue weighted by atomic mass is 9.79. The van der Waals surface area contributed by atoms with E-state index in [1.165, 1.54) is 0 Å². The predicted octanol–water partition coefficient (Wildman–Crippen LogP) is 4.52. The Morgan fingerprint density at radius 3 is 2.41 bits per heavy atom. The number of rotatable bonds is 4. The molecule has 0 aliphatic carbocycles. The Morgan fingerprint density at radius 2 is 1.88 bits per heavy atom. The van der Waals surface area contributed by atoms with Crippen molar-refractivity contribution < 1.29 is 4.79 Å². The van der Waals surface area contributed by atoms with Crippen molar-refractivity contribution in [3.8, 4) is 0 Å². The molecular weight excluding hydrogens is 232 g/mol. The van der Waals surface area contributed by atoms with E-state index >= 15 is 0 Å². The van der Waals surface area contributed by atoms with Crippen LogP contribution in [0.15, 0.2) is 24.3 Å². The van der Waals surface area contributed by atoms with E-state index in [1.807, 2.05) is 24.3 Å². The molecule has 0 saturated heterocycles. The molecule has 0 radical (unpaired) electrons. The van der Waals surface area contributed by atoms with E-state index in [2.05, 4.69) is 27.7 Å². The van der Waals surface area contributed by atoms with Crippen LogP contribution in [0.2, 0.25) is 5.02 Å². The van der Waals surface area contributed by atoms with E-state index in [0.717, 1.165) is 5.56 Å². The Morgan fingerprint density at radius 1 is 1.29 bits per heavy atom. The van der Waals surface area contributed by atoms with E-state index in [4.69, 9.17) is 11.6 Å². The molecule has 0 spiro atoms. The third kappa shape index (κ3) is 4.51.